The van der Waals surface area contributed by atoms with Crippen LogP contribution >= 0.6 is 0 Å². The normalized spacial score (nSPS) is 10.1. The average Bonchev–Trinajstić information content (AvgIpc) is 2.65. The first-order chi connectivity index (χ1) is 7.18. The Morgan fingerprint density at radius 3 is 2.67 bits per heavy atom. The van der Waals surface area contributed by atoms with Crippen molar-refractivity contribution in [1.82, 2.24) is 10.1 Å². The Balaban J connectivity index is 2.40. The lowest BCUT2D eigenvalue weighted by molar-refractivity contribution is -0.385. The van der Waals surface area contributed by atoms with Gasteiger partial charge in [-0.1, -0.05) is 5.16 Å². The van der Waals surface area contributed by atoms with Crippen LogP contribution < -0.4 is 5.73 Å². The van der Waals surface area contributed by atoms with E-state index in [9.17, 15) is 10.1 Å². The molecule has 2 aromatic rings. The highest BCUT2D eigenvalue weighted by Crippen LogP contribution is 2.24. The van der Waals surface area contributed by atoms with Gasteiger partial charge in [-0.15, -0.1) is 0 Å². The van der Waals surface area contributed by atoms with Crippen LogP contribution in [-0.2, 0) is 0 Å². The van der Waals surface area contributed by atoms with Crippen molar-refractivity contribution < 1.29 is 9.45 Å². The lowest BCUT2D eigenvalue weighted by Gasteiger charge is -1.95. The molecule has 0 aliphatic heterocycles. The van der Waals surface area contributed by atoms with Crippen molar-refractivity contribution in [3.63, 3.8) is 0 Å². The van der Waals surface area contributed by atoms with Gasteiger partial charge in [0, 0.05) is 6.07 Å². The fourth-order valence-corrected chi connectivity index (χ4v) is 1.07. The van der Waals surface area contributed by atoms with Crippen LogP contribution in [0, 0.1) is 10.1 Å². The van der Waals surface area contributed by atoms with E-state index in [1.165, 1.54) is 18.3 Å². The van der Waals surface area contributed by atoms with Gasteiger partial charge in [0.05, 0.1) is 11.1 Å². The number of pyridine rings is 1. The summed E-state index contributed by atoms with van der Waals surface area (Å²) in [4.78, 5) is 13.7. The average molecular weight is 206 g/mol. The fraction of sp³-hybridized carbons (Fsp3) is 0. The predicted octanol–water partition coefficient (Wildman–Crippen LogP) is 1.23. The molecular formula is C8H6N4O3. The van der Waals surface area contributed by atoms with Crippen LogP contribution in [0.4, 0.5) is 11.4 Å². The minimum absolute atomic E-state index is 0.0863. The van der Waals surface area contributed by atoms with Crippen molar-refractivity contribution in [2.24, 2.45) is 0 Å². The first-order valence-corrected chi connectivity index (χ1v) is 3.99. The highest BCUT2D eigenvalue weighted by atomic mass is 16.6. The lowest BCUT2D eigenvalue weighted by Crippen LogP contribution is -1.91. The minimum atomic E-state index is -0.527. The van der Waals surface area contributed by atoms with Crippen LogP contribution in [0.5, 0.6) is 0 Å². The molecule has 7 nitrogen and oxygen atoms in total. The Hall–Kier alpha value is -2.44. The predicted molar refractivity (Wildman–Crippen MR) is 50.8 cm³/mol. The van der Waals surface area contributed by atoms with Gasteiger partial charge < -0.3 is 10.3 Å². The SMILES string of the molecule is Nc1cnoc1-c1ccc([N+](=O)[O-])cn1. The fourth-order valence-electron chi connectivity index (χ4n) is 1.07. The zero-order valence-electron chi connectivity index (χ0n) is 7.45. The standard InChI is InChI=1S/C8H6N4O3/c9-6-4-11-15-8(6)7-2-1-5(3-10-7)12(13)14/h1-4H,9H2. The van der Waals surface area contributed by atoms with Crippen molar-refractivity contribution in [3.05, 3.63) is 34.6 Å². The van der Waals surface area contributed by atoms with E-state index in [1.54, 1.807) is 0 Å². The number of anilines is 1. The van der Waals surface area contributed by atoms with Crippen LogP contribution in [0.2, 0.25) is 0 Å². The molecule has 2 aromatic heterocycles. The van der Waals surface area contributed by atoms with E-state index in [0.29, 0.717) is 17.1 Å². The van der Waals surface area contributed by atoms with Crippen LogP contribution in [0.15, 0.2) is 29.0 Å². The molecule has 0 aliphatic rings. The molecule has 0 bridgehead atoms. The maximum atomic E-state index is 10.4. The zero-order valence-corrected chi connectivity index (χ0v) is 7.45. The minimum Gasteiger partial charge on any atom is -0.394 e. The highest BCUT2D eigenvalue weighted by molar-refractivity contribution is 5.67. The van der Waals surface area contributed by atoms with Gasteiger partial charge in [0.1, 0.15) is 17.6 Å². The monoisotopic (exact) mass is 206 g/mol. The van der Waals surface area contributed by atoms with Gasteiger partial charge in [-0.2, -0.15) is 0 Å². The second-order valence-corrected chi connectivity index (χ2v) is 2.77. The smallest absolute Gasteiger partial charge is 0.287 e. The molecule has 0 saturated carbocycles. The van der Waals surface area contributed by atoms with Crippen LogP contribution in [0.1, 0.15) is 0 Å². The van der Waals surface area contributed by atoms with E-state index in [4.69, 9.17) is 10.3 Å². The quantitative estimate of drug-likeness (QED) is 0.584. The summed E-state index contributed by atoms with van der Waals surface area (Å²) >= 11 is 0. The van der Waals surface area contributed by atoms with Crippen LogP contribution in [0.3, 0.4) is 0 Å². The third kappa shape index (κ3) is 1.62. The first kappa shape index (κ1) is 9.13. The third-order valence-corrected chi connectivity index (χ3v) is 1.79. The van der Waals surface area contributed by atoms with Gasteiger partial charge in [0.2, 0.25) is 5.76 Å². The Kier molecular flexibility index (Phi) is 2.05. The van der Waals surface area contributed by atoms with Gasteiger partial charge in [-0.25, -0.2) is 4.98 Å². The molecule has 0 saturated heterocycles. The number of nitro groups is 1. The summed E-state index contributed by atoms with van der Waals surface area (Å²) in [5.41, 5.74) is 6.21. The van der Waals surface area contributed by atoms with Crippen LogP contribution in [-0.4, -0.2) is 15.1 Å². The number of nitrogen functional groups attached to an aromatic ring is 1. The molecule has 0 radical (unpaired) electrons. The van der Waals surface area contributed by atoms with E-state index in [0.717, 1.165) is 6.20 Å². The van der Waals surface area contributed by atoms with Gasteiger partial charge in [0.25, 0.3) is 5.69 Å². The summed E-state index contributed by atoms with van der Waals surface area (Å²) in [5.74, 6) is 0.310. The third-order valence-electron chi connectivity index (χ3n) is 1.79. The molecule has 0 unspecified atom stereocenters. The highest BCUT2D eigenvalue weighted by Gasteiger charge is 2.11. The molecule has 2 rings (SSSR count). The summed E-state index contributed by atoms with van der Waals surface area (Å²) in [6.45, 7) is 0. The van der Waals surface area contributed by atoms with Gasteiger partial charge in [-0.3, -0.25) is 10.1 Å². The maximum Gasteiger partial charge on any atom is 0.287 e. The topological polar surface area (TPSA) is 108 Å². The maximum absolute atomic E-state index is 10.4. The summed E-state index contributed by atoms with van der Waals surface area (Å²) in [7, 11) is 0. The Labute approximate surface area is 83.7 Å². The van der Waals surface area contributed by atoms with Crippen molar-refractivity contribution >= 4 is 11.4 Å². The second-order valence-electron chi connectivity index (χ2n) is 2.77. The Bertz CT molecular complexity index is 491. The van der Waals surface area contributed by atoms with Crippen molar-refractivity contribution in [2.45, 2.75) is 0 Å². The number of hydrogen-bond acceptors (Lipinski definition) is 6. The van der Waals surface area contributed by atoms with Crippen molar-refractivity contribution in [2.75, 3.05) is 5.73 Å². The number of nitrogens with zero attached hydrogens (tertiary/aromatic N) is 3. The van der Waals surface area contributed by atoms with Gasteiger partial charge in [0.15, 0.2) is 0 Å². The van der Waals surface area contributed by atoms with Crippen molar-refractivity contribution in [1.29, 1.82) is 0 Å². The summed E-state index contributed by atoms with van der Waals surface area (Å²) in [6, 6.07) is 2.78. The largest absolute Gasteiger partial charge is 0.394 e. The summed E-state index contributed by atoms with van der Waals surface area (Å²) in [5, 5.41) is 13.9. The second kappa shape index (κ2) is 3.37. The molecule has 2 heterocycles. The molecule has 2 N–H and O–H groups in total. The summed E-state index contributed by atoms with van der Waals surface area (Å²) < 4.78 is 4.84. The Morgan fingerprint density at radius 1 is 1.40 bits per heavy atom. The molecule has 15 heavy (non-hydrogen) atoms. The molecule has 0 fully saturated rings. The van der Waals surface area contributed by atoms with Crippen molar-refractivity contribution in [3.8, 4) is 11.5 Å². The number of rotatable bonds is 2. The van der Waals surface area contributed by atoms with E-state index in [-0.39, 0.29) is 5.69 Å². The molecular weight excluding hydrogens is 200 g/mol. The molecule has 76 valence electrons. The molecule has 0 atom stereocenters. The lowest BCUT2D eigenvalue weighted by atomic mass is 10.2. The zero-order chi connectivity index (χ0) is 10.8. The summed E-state index contributed by atoms with van der Waals surface area (Å²) in [6.07, 6.45) is 2.48. The van der Waals surface area contributed by atoms with E-state index in [1.807, 2.05) is 0 Å². The van der Waals surface area contributed by atoms with Gasteiger partial charge >= 0.3 is 0 Å². The number of hydrogen-bond donors (Lipinski definition) is 1. The first-order valence-electron chi connectivity index (χ1n) is 3.99. The molecule has 0 spiro atoms. The molecule has 0 aromatic carbocycles. The number of aromatic nitrogens is 2. The Morgan fingerprint density at radius 2 is 2.20 bits per heavy atom. The van der Waals surface area contributed by atoms with E-state index in [2.05, 4.69) is 10.1 Å². The molecule has 0 amide bonds. The van der Waals surface area contributed by atoms with Crippen LogP contribution in [0.25, 0.3) is 11.5 Å². The molecule has 7 heteroatoms. The number of nitrogens with two attached hydrogens (primary N) is 1. The molecule has 0 aliphatic carbocycles. The van der Waals surface area contributed by atoms with Gasteiger partial charge in [-0.05, 0) is 6.07 Å². The van der Waals surface area contributed by atoms with E-state index >= 15 is 0 Å². The van der Waals surface area contributed by atoms with E-state index < -0.39 is 4.92 Å².